The molecule has 0 saturated heterocycles. The summed E-state index contributed by atoms with van der Waals surface area (Å²) >= 11 is 3.09. The molecule has 0 aliphatic carbocycles. The van der Waals surface area contributed by atoms with Crippen molar-refractivity contribution >= 4 is 34.3 Å². The summed E-state index contributed by atoms with van der Waals surface area (Å²) in [5, 5.41) is 8.60. The van der Waals surface area contributed by atoms with Gasteiger partial charge in [-0.15, -0.1) is 12.4 Å². The molecule has 1 rings (SSSR count). The Morgan fingerprint density at radius 1 is 1.58 bits per heavy atom. The van der Waals surface area contributed by atoms with Crippen LogP contribution in [0.1, 0.15) is 16.2 Å². The van der Waals surface area contributed by atoms with E-state index in [4.69, 9.17) is 5.11 Å². The summed E-state index contributed by atoms with van der Waals surface area (Å²) in [6.07, 6.45) is 0. The first-order chi connectivity index (χ1) is 5.11. The van der Waals surface area contributed by atoms with Crippen LogP contribution in [0.3, 0.4) is 0 Å². The molecular formula is C7H7BrClNO2. The maximum atomic E-state index is 10.5. The van der Waals surface area contributed by atoms with Gasteiger partial charge in [-0.2, -0.15) is 0 Å². The Labute approximate surface area is 84.4 Å². The maximum absolute atomic E-state index is 10.5. The van der Waals surface area contributed by atoms with Crippen molar-refractivity contribution in [2.24, 2.45) is 0 Å². The molecule has 0 fully saturated rings. The van der Waals surface area contributed by atoms with Crippen LogP contribution in [0.25, 0.3) is 0 Å². The van der Waals surface area contributed by atoms with Crippen molar-refractivity contribution in [1.82, 2.24) is 4.98 Å². The molecule has 5 heteroatoms. The fourth-order valence-electron chi connectivity index (χ4n) is 0.690. The Hall–Kier alpha value is -0.610. The lowest BCUT2D eigenvalue weighted by atomic mass is 10.3. The van der Waals surface area contributed by atoms with Crippen LogP contribution in [-0.4, -0.2) is 16.1 Å². The molecule has 1 aromatic rings. The average Bonchev–Trinajstić information content (AvgIpc) is 1.94. The van der Waals surface area contributed by atoms with Crippen LogP contribution in [-0.2, 0) is 0 Å². The lowest BCUT2D eigenvalue weighted by Gasteiger charge is -1.97. The molecule has 0 unspecified atom stereocenters. The van der Waals surface area contributed by atoms with Gasteiger partial charge in [-0.1, -0.05) is 0 Å². The van der Waals surface area contributed by atoms with Gasteiger partial charge in [0.1, 0.15) is 0 Å². The van der Waals surface area contributed by atoms with Crippen LogP contribution in [0.2, 0.25) is 0 Å². The van der Waals surface area contributed by atoms with Gasteiger partial charge in [0.2, 0.25) is 0 Å². The van der Waals surface area contributed by atoms with Crippen LogP contribution in [0.15, 0.2) is 16.6 Å². The summed E-state index contributed by atoms with van der Waals surface area (Å²) in [4.78, 5) is 14.3. The Morgan fingerprint density at radius 3 is 2.58 bits per heavy atom. The van der Waals surface area contributed by atoms with Crippen molar-refractivity contribution in [1.29, 1.82) is 0 Å². The zero-order valence-electron chi connectivity index (χ0n) is 6.24. The zero-order valence-corrected chi connectivity index (χ0v) is 8.65. The summed E-state index contributed by atoms with van der Waals surface area (Å²) in [6.45, 7) is 1.75. The Balaban J connectivity index is 0.00000121. The minimum Gasteiger partial charge on any atom is -0.476 e. The molecule has 0 aromatic carbocycles. The highest BCUT2D eigenvalue weighted by atomic mass is 79.9. The van der Waals surface area contributed by atoms with Crippen molar-refractivity contribution in [2.45, 2.75) is 6.92 Å². The average molecular weight is 252 g/mol. The number of aromatic carboxylic acids is 1. The van der Waals surface area contributed by atoms with E-state index in [0.29, 0.717) is 10.2 Å². The molecule has 0 bridgehead atoms. The van der Waals surface area contributed by atoms with Gasteiger partial charge in [-0.25, -0.2) is 9.78 Å². The second-order valence-corrected chi connectivity index (χ2v) is 2.94. The second-order valence-electron chi connectivity index (χ2n) is 2.09. The zero-order chi connectivity index (χ0) is 8.43. The summed E-state index contributed by atoms with van der Waals surface area (Å²) in [7, 11) is 0. The van der Waals surface area contributed by atoms with Crippen molar-refractivity contribution < 1.29 is 9.90 Å². The van der Waals surface area contributed by atoms with Gasteiger partial charge in [-0.3, -0.25) is 0 Å². The van der Waals surface area contributed by atoms with Crippen LogP contribution in [0, 0.1) is 6.92 Å². The highest BCUT2D eigenvalue weighted by Gasteiger charge is 2.08. The third-order valence-electron chi connectivity index (χ3n) is 1.19. The third kappa shape index (κ3) is 2.46. The number of nitrogens with zero attached hydrogens (tertiary/aromatic N) is 1. The van der Waals surface area contributed by atoms with Crippen LogP contribution < -0.4 is 0 Å². The van der Waals surface area contributed by atoms with Gasteiger partial charge >= 0.3 is 5.97 Å². The van der Waals surface area contributed by atoms with Crippen molar-refractivity contribution in [2.75, 3.05) is 0 Å². The van der Waals surface area contributed by atoms with Gasteiger partial charge in [0.25, 0.3) is 0 Å². The summed E-state index contributed by atoms with van der Waals surface area (Å²) in [6, 6.07) is 3.42. The van der Waals surface area contributed by atoms with Crippen molar-refractivity contribution in [3.8, 4) is 0 Å². The van der Waals surface area contributed by atoms with Gasteiger partial charge in [0.15, 0.2) is 5.69 Å². The molecule has 0 saturated carbocycles. The molecular weight excluding hydrogens is 245 g/mol. The summed E-state index contributed by atoms with van der Waals surface area (Å²) in [5.41, 5.74) is 0.760. The Morgan fingerprint density at radius 2 is 2.17 bits per heavy atom. The van der Waals surface area contributed by atoms with E-state index < -0.39 is 5.97 Å². The van der Waals surface area contributed by atoms with Gasteiger partial charge in [0, 0.05) is 5.69 Å². The van der Waals surface area contributed by atoms with Crippen molar-refractivity contribution in [3.05, 3.63) is 28.0 Å². The number of pyridine rings is 1. The second kappa shape index (κ2) is 4.42. The van der Waals surface area contributed by atoms with Crippen LogP contribution in [0.5, 0.6) is 0 Å². The van der Waals surface area contributed by atoms with Gasteiger partial charge in [0.05, 0.1) is 4.47 Å². The molecule has 3 nitrogen and oxygen atoms in total. The molecule has 1 heterocycles. The van der Waals surface area contributed by atoms with E-state index in [9.17, 15) is 4.79 Å². The van der Waals surface area contributed by atoms with E-state index in [1.54, 1.807) is 19.1 Å². The molecule has 66 valence electrons. The van der Waals surface area contributed by atoms with Gasteiger partial charge in [-0.05, 0) is 35.0 Å². The Bertz CT molecular complexity index is 303. The highest BCUT2D eigenvalue weighted by molar-refractivity contribution is 9.10. The Kier molecular flexibility index (Phi) is 4.20. The van der Waals surface area contributed by atoms with E-state index in [1.165, 1.54) is 0 Å². The van der Waals surface area contributed by atoms with E-state index in [0.717, 1.165) is 0 Å². The predicted octanol–water partition coefficient (Wildman–Crippen LogP) is 2.27. The number of carboxylic acid groups (broad SMARTS) is 1. The predicted molar refractivity (Wildman–Crippen MR) is 50.9 cm³/mol. The molecule has 0 aliphatic rings. The SMILES string of the molecule is Cc1ccc(Br)c(C(=O)O)n1.Cl. The maximum Gasteiger partial charge on any atom is 0.355 e. The normalized spacial score (nSPS) is 8.83. The van der Waals surface area contributed by atoms with Crippen molar-refractivity contribution in [3.63, 3.8) is 0 Å². The molecule has 0 spiro atoms. The largest absolute Gasteiger partial charge is 0.476 e. The van der Waals surface area contributed by atoms with E-state index >= 15 is 0 Å². The smallest absolute Gasteiger partial charge is 0.355 e. The monoisotopic (exact) mass is 251 g/mol. The number of carbonyl (C=O) groups is 1. The molecule has 1 N–H and O–H groups in total. The molecule has 0 amide bonds. The highest BCUT2D eigenvalue weighted by Crippen LogP contribution is 2.14. The van der Waals surface area contributed by atoms with E-state index in [1.807, 2.05) is 0 Å². The molecule has 0 radical (unpaired) electrons. The lowest BCUT2D eigenvalue weighted by molar-refractivity contribution is 0.0689. The fourth-order valence-corrected chi connectivity index (χ4v) is 1.08. The van der Waals surface area contributed by atoms with Gasteiger partial charge < -0.3 is 5.11 Å². The number of hydrogen-bond acceptors (Lipinski definition) is 2. The standard InChI is InChI=1S/C7H6BrNO2.ClH/c1-4-2-3-5(8)6(9-4)7(10)11;/h2-3H,1H3,(H,10,11);1H. The molecule has 0 atom stereocenters. The first-order valence-electron chi connectivity index (χ1n) is 2.97. The molecule has 0 aliphatic heterocycles. The van der Waals surface area contributed by atoms with E-state index in [2.05, 4.69) is 20.9 Å². The topological polar surface area (TPSA) is 50.2 Å². The molecule has 12 heavy (non-hydrogen) atoms. The number of carboxylic acids is 1. The first kappa shape index (κ1) is 11.4. The molecule has 1 aromatic heterocycles. The van der Waals surface area contributed by atoms with Crippen LogP contribution >= 0.6 is 28.3 Å². The van der Waals surface area contributed by atoms with Crippen LogP contribution in [0.4, 0.5) is 0 Å². The van der Waals surface area contributed by atoms with E-state index in [-0.39, 0.29) is 18.1 Å². The first-order valence-corrected chi connectivity index (χ1v) is 3.77. The quantitative estimate of drug-likeness (QED) is 0.834. The minimum absolute atomic E-state index is 0. The summed E-state index contributed by atoms with van der Waals surface area (Å²) < 4.78 is 0.510. The number of hydrogen-bond donors (Lipinski definition) is 1. The third-order valence-corrected chi connectivity index (χ3v) is 1.83. The number of aromatic nitrogens is 1. The lowest BCUT2D eigenvalue weighted by Crippen LogP contribution is -2.02. The minimum atomic E-state index is -1.01. The summed E-state index contributed by atoms with van der Waals surface area (Å²) in [5.74, 6) is -1.01. The number of aryl methyl sites for hydroxylation is 1. The number of halogens is 2. The number of rotatable bonds is 1. The fraction of sp³-hybridized carbons (Fsp3) is 0.143.